The van der Waals surface area contributed by atoms with Crippen molar-refractivity contribution in [3.63, 3.8) is 0 Å². The van der Waals surface area contributed by atoms with Crippen LogP contribution in [0.5, 0.6) is 11.5 Å². The summed E-state index contributed by atoms with van der Waals surface area (Å²) in [4.78, 5) is 13.8. The molecule has 0 saturated heterocycles. The second kappa shape index (κ2) is 9.10. The van der Waals surface area contributed by atoms with Gasteiger partial charge in [-0.25, -0.2) is 0 Å². The number of carbonyl (C=O) groups is 1. The molecule has 1 aromatic rings. The van der Waals surface area contributed by atoms with Crippen LogP contribution in [-0.2, 0) is 16.1 Å². The van der Waals surface area contributed by atoms with E-state index < -0.39 is 0 Å². The Morgan fingerprint density at radius 3 is 2.75 bits per heavy atom. The lowest BCUT2D eigenvalue weighted by molar-refractivity contribution is -0.123. The summed E-state index contributed by atoms with van der Waals surface area (Å²) in [5, 5.41) is 3.68. The fourth-order valence-corrected chi connectivity index (χ4v) is 4.23. The first-order valence-corrected chi connectivity index (χ1v) is 9.44. The minimum Gasteiger partial charge on any atom is -0.497 e. The Hall–Kier alpha value is -1.51. The van der Waals surface area contributed by atoms with Crippen molar-refractivity contribution in [2.45, 2.75) is 11.3 Å². The van der Waals surface area contributed by atoms with Crippen LogP contribution in [0.4, 0.5) is 0 Å². The van der Waals surface area contributed by atoms with Crippen LogP contribution in [-0.4, -0.2) is 49.7 Å². The number of nitrogens with one attached hydrogen (secondary N) is 1. The molecule has 0 fully saturated rings. The number of thioether (sulfide) groups is 2. The van der Waals surface area contributed by atoms with Gasteiger partial charge in [0.05, 0.1) is 19.2 Å². The molecule has 1 aromatic carbocycles. The normalized spacial score (nSPS) is 16.8. The van der Waals surface area contributed by atoms with Crippen molar-refractivity contribution in [1.29, 1.82) is 0 Å². The molecule has 0 spiro atoms. The van der Waals surface area contributed by atoms with E-state index in [1.165, 1.54) is 7.11 Å². The largest absolute Gasteiger partial charge is 0.497 e. The summed E-state index contributed by atoms with van der Waals surface area (Å²) in [5.41, 5.74) is 1.05. The van der Waals surface area contributed by atoms with Crippen molar-refractivity contribution in [2.24, 2.45) is 0 Å². The number of hydrogen-bond acceptors (Lipinski definition) is 7. The van der Waals surface area contributed by atoms with Crippen LogP contribution < -0.4 is 14.8 Å². The summed E-state index contributed by atoms with van der Waals surface area (Å²) in [7, 11) is 4.78. The van der Waals surface area contributed by atoms with Crippen molar-refractivity contribution in [3.05, 3.63) is 35.0 Å². The molecule has 1 unspecified atom stereocenters. The van der Waals surface area contributed by atoms with E-state index in [1.54, 1.807) is 37.7 Å². The maximum atomic E-state index is 11.7. The number of amides is 1. The van der Waals surface area contributed by atoms with E-state index in [-0.39, 0.29) is 17.2 Å². The minimum absolute atomic E-state index is 0.0497. The minimum atomic E-state index is -0.153. The Morgan fingerprint density at radius 1 is 1.33 bits per heavy atom. The maximum absolute atomic E-state index is 11.7. The van der Waals surface area contributed by atoms with Crippen LogP contribution >= 0.6 is 23.5 Å². The number of carbonyl (C=O) groups excluding carboxylic acids is 1. The van der Waals surface area contributed by atoms with Gasteiger partial charge in [0.2, 0.25) is 0 Å². The van der Waals surface area contributed by atoms with E-state index in [4.69, 9.17) is 14.2 Å². The number of nitrogens with zero attached hydrogens (tertiary/aromatic N) is 1. The van der Waals surface area contributed by atoms with Crippen LogP contribution in [0.15, 0.2) is 29.4 Å². The molecule has 132 valence electrons. The zero-order valence-corrected chi connectivity index (χ0v) is 15.8. The average Bonchev–Trinajstić information content (AvgIpc) is 2.96. The first-order valence-electron chi connectivity index (χ1n) is 7.28. The first kappa shape index (κ1) is 18.8. The van der Waals surface area contributed by atoms with Gasteiger partial charge in [-0.2, -0.15) is 0 Å². The molecule has 1 aliphatic rings. The predicted molar refractivity (Wildman–Crippen MR) is 98.1 cm³/mol. The molecule has 0 aromatic heterocycles. The Balaban J connectivity index is 2.12. The van der Waals surface area contributed by atoms with Crippen molar-refractivity contribution in [1.82, 2.24) is 10.2 Å². The van der Waals surface area contributed by atoms with Gasteiger partial charge in [0.25, 0.3) is 5.91 Å². The van der Waals surface area contributed by atoms with Gasteiger partial charge in [-0.1, -0.05) is 11.8 Å². The second-order valence-electron chi connectivity index (χ2n) is 4.99. The van der Waals surface area contributed by atoms with Crippen LogP contribution in [0, 0.1) is 0 Å². The second-order valence-corrected chi connectivity index (χ2v) is 7.32. The van der Waals surface area contributed by atoms with E-state index in [0.29, 0.717) is 6.54 Å². The molecule has 0 radical (unpaired) electrons. The number of rotatable bonds is 8. The molecule has 1 aliphatic heterocycles. The van der Waals surface area contributed by atoms with Gasteiger partial charge in [0.1, 0.15) is 22.8 Å². The smallest absolute Gasteiger partial charge is 0.250 e. The van der Waals surface area contributed by atoms with Gasteiger partial charge in [-0.3, -0.25) is 4.79 Å². The fraction of sp³-hybridized carbons (Fsp3) is 0.438. The summed E-state index contributed by atoms with van der Waals surface area (Å²) in [6, 6.07) is 5.78. The van der Waals surface area contributed by atoms with Gasteiger partial charge >= 0.3 is 0 Å². The van der Waals surface area contributed by atoms with Gasteiger partial charge in [0.15, 0.2) is 0 Å². The summed E-state index contributed by atoms with van der Waals surface area (Å²) in [6.07, 6.45) is 4.01. The molecular formula is C16H22N2O4S2. The maximum Gasteiger partial charge on any atom is 0.250 e. The van der Waals surface area contributed by atoms with Gasteiger partial charge < -0.3 is 24.4 Å². The van der Waals surface area contributed by atoms with Gasteiger partial charge in [-0.15, -0.1) is 11.8 Å². The van der Waals surface area contributed by atoms with E-state index in [2.05, 4.69) is 10.2 Å². The fourth-order valence-electron chi connectivity index (χ4n) is 2.27. The zero-order chi connectivity index (χ0) is 17.5. The molecule has 0 bridgehead atoms. The average molecular weight is 370 g/mol. The van der Waals surface area contributed by atoms with E-state index in [1.807, 2.05) is 30.7 Å². The monoisotopic (exact) mass is 370 g/mol. The molecule has 6 nitrogen and oxygen atoms in total. The van der Waals surface area contributed by atoms with Gasteiger partial charge in [0, 0.05) is 31.5 Å². The van der Waals surface area contributed by atoms with Crippen molar-refractivity contribution in [2.75, 3.05) is 34.2 Å². The highest BCUT2D eigenvalue weighted by molar-refractivity contribution is 8.18. The molecule has 8 heteroatoms. The number of benzene rings is 1. The summed E-state index contributed by atoms with van der Waals surface area (Å²) in [6.45, 7) is 0.726. The molecule has 1 atom stereocenters. The van der Waals surface area contributed by atoms with E-state index in [9.17, 15) is 4.79 Å². The van der Waals surface area contributed by atoms with Gasteiger partial charge in [-0.05, 0) is 18.4 Å². The molecule has 0 saturated carbocycles. The Bertz CT molecular complexity index is 610. The molecule has 1 amide bonds. The summed E-state index contributed by atoms with van der Waals surface area (Å²) < 4.78 is 15.7. The summed E-state index contributed by atoms with van der Waals surface area (Å²) >= 11 is 3.32. The third kappa shape index (κ3) is 4.75. The van der Waals surface area contributed by atoms with Crippen LogP contribution in [0.2, 0.25) is 0 Å². The topological polar surface area (TPSA) is 60.0 Å². The number of methoxy groups -OCH3 is 3. The Labute approximate surface area is 150 Å². The molecular weight excluding hydrogens is 348 g/mol. The molecule has 0 aliphatic carbocycles. The zero-order valence-electron chi connectivity index (χ0n) is 14.2. The van der Waals surface area contributed by atoms with Crippen LogP contribution in [0.25, 0.3) is 0 Å². The van der Waals surface area contributed by atoms with Crippen molar-refractivity contribution >= 4 is 29.4 Å². The first-order chi connectivity index (χ1) is 11.6. The van der Waals surface area contributed by atoms with Crippen molar-refractivity contribution < 1.29 is 19.0 Å². The molecule has 2 rings (SSSR count). The lowest BCUT2D eigenvalue weighted by Gasteiger charge is -2.23. The predicted octanol–water partition coefficient (Wildman–Crippen LogP) is 2.46. The standard InChI is InChI=1S/C16H22N2O4S2/c1-20-10-14(19)17-15-9-18(16(23-4)24-15)8-11-5-6-12(21-2)7-13(11)22-3/h5-7,9,16H,8,10H2,1-4H3,(H,17,19). The van der Waals surface area contributed by atoms with E-state index >= 15 is 0 Å². The highest BCUT2D eigenvalue weighted by Crippen LogP contribution is 2.39. The van der Waals surface area contributed by atoms with Crippen LogP contribution in [0.3, 0.4) is 0 Å². The van der Waals surface area contributed by atoms with E-state index in [0.717, 1.165) is 22.1 Å². The highest BCUT2D eigenvalue weighted by atomic mass is 32.2. The Kier molecular flexibility index (Phi) is 7.14. The number of hydrogen-bond donors (Lipinski definition) is 1. The highest BCUT2D eigenvalue weighted by Gasteiger charge is 2.26. The third-order valence-corrected chi connectivity index (χ3v) is 5.84. The van der Waals surface area contributed by atoms with Crippen molar-refractivity contribution in [3.8, 4) is 11.5 Å². The lowest BCUT2D eigenvalue weighted by atomic mass is 10.2. The number of ether oxygens (including phenoxy) is 3. The SMILES string of the molecule is COCC(=O)NC1=CN(Cc2ccc(OC)cc2OC)C(SC)S1. The lowest BCUT2D eigenvalue weighted by Crippen LogP contribution is -2.24. The molecule has 24 heavy (non-hydrogen) atoms. The quantitative estimate of drug-likeness (QED) is 0.754. The van der Waals surface area contributed by atoms with Crippen LogP contribution in [0.1, 0.15) is 5.56 Å². The Morgan fingerprint density at radius 2 is 2.12 bits per heavy atom. The molecule has 1 N–H and O–H groups in total. The molecule has 1 heterocycles. The third-order valence-electron chi connectivity index (χ3n) is 3.37. The summed E-state index contributed by atoms with van der Waals surface area (Å²) in [5.74, 6) is 1.39.